The lowest BCUT2D eigenvalue weighted by Crippen LogP contribution is -2.15. The molecule has 0 heterocycles. The highest BCUT2D eigenvalue weighted by Gasteiger charge is 2.26. The summed E-state index contributed by atoms with van der Waals surface area (Å²) in [5.41, 5.74) is 1.14. The van der Waals surface area contributed by atoms with Gasteiger partial charge in [0.05, 0.1) is 12.1 Å². The van der Waals surface area contributed by atoms with Gasteiger partial charge >= 0.3 is 0 Å². The molecule has 3 nitrogen and oxygen atoms in total. The second-order valence-electron chi connectivity index (χ2n) is 4.89. The lowest BCUT2D eigenvalue weighted by Gasteiger charge is -2.17. The van der Waals surface area contributed by atoms with Crippen molar-refractivity contribution in [2.45, 2.75) is 12.3 Å². The van der Waals surface area contributed by atoms with Gasteiger partial charge < -0.3 is 0 Å². The highest BCUT2D eigenvalue weighted by molar-refractivity contribution is 5.96. The van der Waals surface area contributed by atoms with Crippen molar-refractivity contribution in [1.29, 1.82) is 10.5 Å². The van der Waals surface area contributed by atoms with Gasteiger partial charge in [0, 0.05) is 17.9 Å². The highest BCUT2D eigenvalue weighted by atomic mass is 19.1. The van der Waals surface area contributed by atoms with Crippen molar-refractivity contribution < 1.29 is 9.18 Å². The van der Waals surface area contributed by atoms with Gasteiger partial charge in [-0.2, -0.15) is 10.5 Å². The van der Waals surface area contributed by atoms with Crippen LogP contribution < -0.4 is 0 Å². The van der Waals surface area contributed by atoms with E-state index in [1.54, 1.807) is 24.3 Å². The van der Waals surface area contributed by atoms with Gasteiger partial charge in [0.15, 0.2) is 5.78 Å². The molecule has 0 N–H and O–H groups in total. The zero-order valence-corrected chi connectivity index (χ0v) is 11.7. The molecular weight excluding hydrogens is 279 g/mol. The largest absolute Gasteiger partial charge is 0.294 e. The molecule has 0 aliphatic rings. The Balaban J connectivity index is 2.27. The first-order chi connectivity index (χ1) is 10.7. The lowest BCUT2D eigenvalue weighted by atomic mass is 9.83. The van der Waals surface area contributed by atoms with E-state index in [0.29, 0.717) is 5.56 Å². The zero-order valence-electron chi connectivity index (χ0n) is 11.7. The number of benzene rings is 2. The second-order valence-corrected chi connectivity index (χ2v) is 4.89. The lowest BCUT2D eigenvalue weighted by molar-refractivity contribution is 0.0971. The van der Waals surface area contributed by atoms with E-state index in [9.17, 15) is 9.18 Å². The van der Waals surface area contributed by atoms with Crippen molar-refractivity contribution in [3.05, 3.63) is 71.5 Å². The molecular formula is C18H13FN2O. The van der Waals surface area contributed by atoms with Crippen LogP contribution in [0.4, 0.5) is 4.39 Å². The number of hydrogen-bond donors (Lipinski definition) is 0. The van der Waals surface area contributed by atoms with Crippen molar-refractivity contribution in [2.24, 2.45) is 5.92 Å². The molecule has 0 spiro atoms. The summed E-state index contributed by atoms with van der Waals surface area (Å²) >= 11 is 0. The van der Waals surface area contributed by atoms with Crippen LogP contribution in [0.25, 0.3) is 0 Å². The number of ketones is 1. The smallest absolute Gasteiger partial charge is 0.163 e. The van der Waals surface area contributed by atoms with Gasteiger partial charge in [0.1, 0.15) is 11.7 Å². The minimum Gasteiger partial charge on any atom is -0.294 e. The van der Waals surface area contributed by atoms with Crippen molar-refractivity contribution in [3.8, 4) is 12.1 Å². The summed E-state index contributed by atoms with van der Waals surface area (Å²) in [6.07, 6.45) is 0.0292. The average molecular weight is 292 g/mol. The number of nitrogens with zero attached hydrogens (tertiary/aromatic N) is 2. The predicted octanol–water partition coefficient (Wildman–Crippen LogP) is 3.85. The first-order valence-electron chi connectivity index (χ1n) is 6.78. The van der Waals surface area contributed by atoms with E-state index in [-0.39, 0.29) is 12.2 Å². The molecule has 0 amide bonds. The molecule has 0 saturated heterocycles. The SMILES string of the molecule is N#CC(C#N)[C@@H](CC(=O)c1ccc(F)cc1)c1ccccc1. The third kappa shape index (κ3) is 3.56. The molecule has 0 fully saturated rings. The van der Waals surface area contributed by atoms with E-state index in [1.807, 2.05) is 18.2 Å². The quantitative estimate of drug-likeness (QED) is 0.786. The molecule has 22 heavy (non-hydrogen) atoms. The third-order valence-electron chi connectivity index (χ3n) is 3.48. The van der Waals surface area contributed by atoms with Crippen molar-refractivity contribution >= 4 is 5.78 Å². The molecule has 1 atom stereocenters. The van der Waals surface area contributed by atoms with Gasteiger partial charge in [-0.15, -0.1) is 0 Å². The van der Waals surface area contributed by atoms with Crippen molar-refractivity contribution in [2.75, 3.05) is 0 Å². The number of rotatable bonds is 5. The van der Waals surface area contributed by atoms with Crippen LogP contribution in [0.15, 0.2) is 54.6 Å². The monoisotopic (exact) mass is 292 g/mol. The normalized spacial score (nSPS) is 11.5. The van der Waals surface area contributed by atoms with E-state index >= 15 is 0 Å². The van der Waals surface area contributed by atoms with Gasteiger partial charge in [-0.3, -0.25) is 4.79 Å². The maximum Gasteiger partial charge on any atom is 0.163 e. The molecule has 2 rings (SSSR count). The summed E-state index contributed by atoms with van der Waals surface area (Å²) in [4.78, 5) is 12.3. The van der Waals surface area contributed by atoms with Crippen LogP contribution in [0, 0.1) is 34.4 Å². The van der Waals surface area contributed by atoms with Crippen molar-refractivity contribution in [1.82, 2.24) is 0 Å². The van der Waals surface area contributed by atoms with Crippen molar-refractivity contribution in [3.63, 3.8) is 0 Å². The molecule has 0 bridgehead atoms. The van der Waals surface area contributed by atoms with E-state index in [2.05, 4.69) is 0 Å². The number of carbonyl (C=O) groups is 1. The second kappa shape index (κ2) is 7.15. The Morgan fingerprint density at radius 3 is 2.14 bits per heavy atom. The van der Waals surface area contributed by atoms with E-state index in [1.165, 1.54) is 24.3 Å². The number of hydrogen-bond acceptors (Lipinski definition) is 3. The Morgan fingerprint density at radius 2 is 1.59 bits per heavy atom. The zero-order chi connectivity index (χ0) is 15.9. The topological polar surface area (TPSA) is 64.7 Å². The Kier molecular flexibility index (Phi) is 5.01. The van der Waals surface area contributed by atoms with Gasteiger partial charge in [-0.05, 0) is 29.8 Å². The van der Waals surface area contributed by atoms with E-state index in [0.717, 1.165) is 5.56 Å². The molecule has 2 aromatic rings. The maximum absolute atomic E-state index is 12.9. The van der Waals surface area contributed by atoms with E-state index in [4.69, 9.17) is 10.5 Å². The molecule has 0 unspecified atom stereocenters. The van der Waals surface area contributed by atoms with Gasteiger partial charge in [0.2, 0.25) is 0 Å². The molecule has 2 aromatic carbocycles. The van der Waals surface area contributed by atoms with Crippen LogP contribution in [-0.4, -0.2) is 5.78 Å². The minimum atomic E-state index is -0.910. The Hall–Kier alpha value is -2.98. The molecule has 0 saturated carbocycles. The molecule has 108 valence electrons. The fourth-order valence-corrected chi connectivity index (χ4v) is 2.29. The first kappa shape index (κ1) is 15.4. The summed E-state index contributed by atoms with van der Waals surface area (Å²) in [5, 5.41) is 18.3. The van der Waals surface area contributed by atoms with Crippen LogP contribution in [0.5, 0.6) is 0 Å². The third-order valence-corrected chi connectivity index (χ3v) is 3.48. The minimum absolute atomic E-state index is 0.0292. The Morgan fingerprint density at radius 1 is 1.00 bits per heavy atom. The highest BCUT2D eigenvalue weighted by Crippen LogP contribution is 2.29. The summed E-state index contributed by atoms with van der Waals surface area (Å²) in [7, 11) is 0. The number of nitriles is 2. The number of halogens is 1. The van der Waals surface area contributed by atoms with Crippen LogP contribution in [0.2, 0.25) is 0 Å². The van der Waals surface area contributed by atoms with Gasteiger partial charge in [-0.1, -0.05) is 30.3 Å². The molecule has 4 heteroatoms. The summed E-state index contributed by atoms with van der Waals surface area (Å²) in [6.45, 7) is 0. The first-order valence-corrected chi connectivity index (χ1v) is 6.78. The standard InChI is InChI=1S/C18H13FN2O/c19-16-8-6-14(7-9-16)18(22)10-17(15(11-20)12-21)13-4-2-1-3-5-13/h1-9,15,17H,10H2/t17-/m0/s1. The van der Waals surface area contributed by atoms with Crippen LogP contribution >= 0.6 is 0 Å². The molecule has 0 aliphatic carbocycles. The Labute approximate surface area is 128 Å². The average Bonchev–Trinajstić information content (AvgIpc) is 2.56. The van der Waals surface area contributed by atoms with Gasteiger partial charge in [0.25, 0.3) is 0 Å². The summed E-state index contributed by atoms with van der Waals surface area (Å²) in [5.74, 6) is -2.05. The fraction of sp³-hybridized carbons (Fsp3) is 0.167. The number of carbonyl (C=O) groups excluding carboxylic acids is 1. The van der Waals surface area contributed by atoms with E-state index < -0.39 is 17.7 Å². The molecule has 0 aliphatic heterocycles. The van der Waals surface area contributed by atoms with Crippen LogP contribution in [0.1, 0.15) is 28.3 Å². The Bertz CT molecular complexity index is 712. The molecule has 0 radical (unpaired) electrons. The van der Waals surface area contributed by atoms with Crippen LogP contribution in [0.3, 0.4) is 0 Å². The maximum atomic E-state index is 12.9. The van der Waals surface area contributed by atoms with Crippen LogP contribution in [-0.2, 0) is 0 Å². The number of Topliss-reactive ketones (excluding diaryl/α,β-unsaturated/α-hetero) is 1. The summed E-state index contributed by atoms with van der Waals surface area (Å²) in [6, 6.07) is 18.2. The molecule has 0 aromatic heterocycles. The summed E-state index contributed by atoms with van der Waals surface area (Å²) < 4.78 is 12.9. The predicted molar refractivity (Wildman–Crippen MR) is 79.2 cm³/mol. The fourth-order valence-electron chi connectivity index (χ4n) is 2.29. The van der Waals surface area contributed by atoms with Gasteiger partial charge in [-0.25, -0.2) is 4.39 Å².